The highest BCUT2D eigenvalue weighted by Crippen LogP contribution is 2.24. The Morgan fingerprint density at radius 1 is 1.29 bits per heavy atom. The van der Waals surface area contributed by atoms with Crippen LogP contribution in [0.4, 0.5) is 0 Å². The summed E-state index contributed by atoms with van der Waals surface area (Å²) in [6.45, 7) is 2.60. The lowest BCUT2D eigenvalue weighted by atomic mass is 9.89. The number of unbranched alkanes of at least 4 members (excludes halogenated alkanes) is 1. The van der Waals surface area contributed by atoms with Crippen molar-refractivity contribution >= 4 is 5.97 Å². The topological polar surface area (TPSA) is 35.5 Å². The van der Waals surface area contributed by atoms with Crippen molar-refractivity contribution in [3.63, 3.8) is 0 Å². The van der Waals surface area contributed by atoms with Crippen LogP contribution in [-0.2, 0) is 14.6 Å². The Hall–Kier alpha value is -0.570. The normalized spacial score (nSPS) is 18.1. The van der Waals surface area contributed by atoms with Crippen LogP contribution in [0.25, 0.3) is 0 Å². The molecule has 0 amide bonds. The molecule has 3 heteroatoms. The van der Waals surface area contributed by atoms with Crippen LogP contribution in [0.5, 0.6) is 0 Å². The van der Waals surface area contributed by atoms with Crippen molar-refractivity contribution < 1.29 is 14.6 Å². The number of hydrogen-bond acceptors (Lipinski definition) is 3. The van der Waals surface area contributed by atoms with Crippen molar-refractivity contribution in [3.8, 4) is 0 Å². The smallest absolute Gasteiger partial charge is 0.298 e. The van der Waals surface area contributed by atoms with Gasteiger partial charge in [0.2, 0.25) is 0 Å². The minimum Gasteiger partial charge on any atom is -0.298 e. The van der Waals surface area contributed by atoms with Crippen LogP contribution in [0, 0.1) is 5.92 Å². The second-order valence-electron chi connectivity index (χ2n) is 3.91. The molecule has 0 unspecified atom stereocenters. The van der Waals surface area contributed by atoms with Gasteiger partial charge in [0, 0.05) is 0 Å². The highest BCUT2D eigenvalue weighted by Gasteiger charge is 2.23. The zero-order valence-corrected chi connectivity index (χ0v) is 8.96. The van der Waals surface area contributed by atoms with Crippen molar-refractivity contribution in [3.05, 3.63) is 0 Å². The fraction of sp³-hybridized carbons (Fsp3) is 0.909. The molecule has 0 atom stereocenters. The molecule has 14 heavy (non-hydrogen) atoms. The van der Waals surface area contributed by atoms with Crippen molar-refractivity contribution in [2.75, 3.05) is 6.61 Å². The zero-order valence-electron chi connectivity index (χ0n) is 8.96. The molecule has 0 aromatic heterocycles. The highest BCUT2D eigenvalue weighted by atomic mass is 17.2. The van der Waals surface area contributed by atoms with Crippen LogP contribution in [0.2, 0.25) is 0 Å². The van der Waals surface area contributed by atoms with Gasteiger partial charge in [0.05, 0.1) is 12.5 Å². The first-order valence-corrected chi connectivity index (χ1v) is 5.68. The van der Waals surface area contributed by atoms with Crippen LogP contribution in [0.15, 0.2) is 0 Å². The molecule has 0 spiro atoms. The molecular weight excluding hydrogens is 180 g/mol. The lowest BCUT2D eigenvalue weighted by molar-refractivity contribution is -0.277. The molecule has 1 fully saturated rings. The molecule has 82 valence electrons. The summed E-state index contributed by atoms with van der Waals surface area (Å²) in [6.07, 6.45) is 7.48. The average Bonchev–Trinajstić information content (AvgIpc) is 2.25. The van der Waals surface area contributed by atoms with E-state index >= 15 is 0 Å². The molecule has 0 bridgehead atoms. The van der Waals surface area contributed by atoms with E-state index in [1.165, 1.54) is 6.42 Å². The summed E-state index contributed by atoms with van der Waals surface area (Å²) in [6, 6.07) is 0. The summed E-state index contributed by atoms with van der Waals surface area (Å²) >= 11 is 0. The molecule has 1 aliphatic carbocycles. The lowest BCUT2D eigenvalue weighted by Gasteiger charge is -2.18. The van der Waals surface area contributed by atoms with Crippen LogP contribution < -0.4 is 0 Å². The van der Waals surface area contributed by atoms with E-state index in [1.807, 2.05) is 0 Å². The van der Waals surface area contributed by atoms with E-state index in [4.69, 9.17) is 9.78 Å². The summed E-state index contributed by atoms with van der Waals surface area (Å²) in [5.74, 6) is -0.0776. The van der Waals surface area contributed by atoms with Crippen molar-refractivity contribution in [1.29, 1.82) is 0 Å². The Bertz CT molecular complexity index is 162. The van der Waals surface area contributed by atoms with Gasteiger partial charge in [0.1, 0.15) is 0 Å². The van der Waals surface area contributed by atoms with Crippen molar-refractivity contribution in [2.24, 2.45) is 5.92 Å². The monoisotopic (exact) mass is 200 g/mol. The number of rotatable bonds is 5. The first-order valence-electron chi connectivity index (χ1n) is 5.68. The quantitative estimate of drug-likeness (QED) is 0.389. The first-order chi connectivity index (χ1) is 6.84. The van der Waals surface area contributed by atoms with Gasteiger partial charge in [-0.25, -0.2) is 4.79 Å². The largest absolute Gasteiger partial charge is 0.345 e. The van der Waals surface area contributed by atoms with Gasteiger partial charge in [-0.2, -0.15) is 4.89 Å². The molecule has 1 aliphatic rings. The van der Waals surface area contributed by atoms with Crippen molar-refractivity contribution in [2.45, 2.75) is 51.9 Å². The molecule has 1 saturated carbocycles. The molecule has 0 N–H and O–H groups in total. The second-order valence-corrected chi connectivity index (χ2v) is 3.91. The summed E-state index contributed by atoms with van der Waals surface area (Å²) < 4.78 is 0. The third kappa shape index (κ3) is 4.09. The molecular formula is C11H20O3. The van der Waals surface area contributed by atoms with Gasteiger partial charge in [-0.1, -0.05) is 32.6 Å². The van der Waals surface area contributed by atoms with E-state index in [-0.39, 0.29) is 11.9 Å². The van der Waals surface area contributed by atoms with E-state index in [0.29, 0.717) is 6.61 Å². The number of carbonyl (C=O) groups excluding carboxylic acids is 1. The van der Waals surface area contributed by atoms with Crippen molar-refractivity contribution in [1.82, 2.24) is 0 Å². The van der Waals surface area contributed by atoms with Gasteiger partial charge in [-0.3, -0.25) is 4.89 Å². The van der Waals surface area contributed by atoms with Crippen LogP contribution in [0.1, 0.15) is 51.9 Å². The van der Waals surface area contributed by atoms with Crippen LogP contribution in [0.3, 0.4) is 0 Å². The van der Waals surface area contributed by atoms with E-state index in [0.717, 1.165) is 38.5 Å². The number of carbonyl (C=O) groups is 1. The summed E-state index contributed by atoms with van der Waals surface area (Å²) in [4.78, 5) is 21.0. The van der Waals surface area contributed by atoms with Gasteiger partial charge < -0.3 is 0 Å². The standard InChI is InChI=1S/C11H20O3/c1-2-3-9-13-14-11(12)10-7-5-4-6-8-10/h10H,2-9H2,1H3. The van der Waals surface area contributed by atoms with E-state index in [9.17, 15) is 4.79 Å². The molecule has 0 aromatic rings. The van der Waals surface area contributed by atoms with Gasteiger partial charge in [0.15, 0.2) is 0 Å². The third-order valence-electron chi connectivity index (χ3n) is 2.66. The predicted molar refractivity (Wildman–Crippen MR) is 53.5 cm³/mol. The van der Waals surface area contributed by atoms with Gasteiger partial charge in [-0.05, 0) is 19.3 Å². The molecule has 0 aliphatic heterocycles. The maximum Gasteiger partial charge on any atom is 0.345 e. The molecule has 0 aromatic carbocycles. The molecule has 0 radical (unpaired) electrons. The lowest BCUT2D eigenvalue weighted by Crippen LogP contribution is -2.20. The molecule has 0 heterocycles. The Balaban J connectivity index is 2.07. The first kappa shape index (κ1) is 11.5. The summed E-state index contributed by atoms with van der Waals surface area (Å²) in [5, 5.41) is 0. The van der Waals surface area contributed by atoms with Gasteiger partial charge in [0.25, 0.3) is 0 Å². The molecule has 0 saturated heterocycles. The van der Waals surface area contributed by atoms with Gasteiger partial charge >= 0.3 is 5.97 Å². The summed E-state index contributed by atoms with van der Waals surface area (Å²) in [7, 11) is 0. The second kappa shape index (κ2) is 6.82. The highest BCUT2D eigenvalue weighted by molar-refractivity contribution is 5.71. The maximum atomic E-state index is 11.4. The fourth-order valence-corrected chi connectivity index (χ4v) is 1.71. The third-order valence-corrected chi connectivity index (χ3v) is 2.66. The van der Waals surface area contributed by atoms with E-state index < -0.39 is 0 Å². The van der Waals surface area contributed by atoms with Crippen LogP contribution in [-0.4, -0.2) is 12.6 Å². The molecule has 1 rings (SSSR count). The SMILES string of the molecule is CCCCOOC(=O)C1CCCCC1. The fourth-order valence-electron chi connectivity index (χ4n) is 1.71. The zero-order chi connectivity index (χ0) is 10.2. The van der Waals surface area contributed by atoms with Crippen LogP contribution >= 0.6 is 0 Å². The maximum absolute atomic E-state index is 11.4. The predicted octanol–water partition coefficient (Wildman–Crippen LogP) is 2.84. The molecule has 3 nitrogen and oxygen atoms in total. The summed E-state index contributed by atoms with van der Waals surface area (Å²) in [5.41, 5.74) is 0. The Kier molecular flexibility index (Phi) is 5.60. The van der Waals surface area contributed by atoms with Gasteiger partial charge in [-0.15, -0.1) is 0 Å². The Morgan fingerprint density at radius 2 is 2.00 bits per heavy atom. The Labute approximate surface area is 85.7 Å². The van der Waals surface area contributed by atoms with E-state index in [1.54, 1.807) is 0 Å². The minimum atomic E-state index is -0.166. The Morgan fingerprint density at radius 3 is 2.64 bits per heavy atom. The van der Waals surface area contributed by atoms with E-state index in [2.05, 4.69) is 6.92 Å². The average molecular weight is 200 g/mol. The number of hydrogen-bond donors (Lipinski definition) is 0. The minimum absolute atomic E-state index is 0.0883.